The fourth-order valence-corrected chi connectivity index (χ4v) is 2.77. The van der Waals surface area contributed by atoms with Crippen molar-refractivity contribution in [3.8, 4) is 0 Å². The van der Waals surface area contributed by atoms with Gasteiger partial charge in [-0.05, 0) is 45.4 Å². The monoisotopic (exact) mass is 326 g/mol. The fourth-order valence-electron chi connectivity index (χ4n) is 2.07. The van der Waals surface area contributed by atoms with Crippen molar-refractivity contribution in [1.82, 2.24) is 9.80 Å². The van der Waals surface area contributed by atoms with Crippen LogP contribution in [0.2, 0.25) is 0 Å². The van der Waals surface area contributed by atoms with Gasteiger partial charge in [0.2, 0.25) is 5.91 Å². The van der Waals surface area contributed by atoms with Gasteiger partial charge in [-0.1, -0.05) is 6.07 Å². The molecule has 1 amide bonds. The smallest absolute Gasteiger partial charge is 0.307 e. The second kappa shape index (κ2) is 10.3. The number of amides is 1. The summed E-state index contributed by atoms with van der Waals surface area (Å²) in [5, 5.41) is 1.97. The number of carbonyl (C=O) groups is 2. The standard InChI is InChI=1S/C16H26N2O3S/c1-4-21-16(20)8-11-18(10-6-9-17(2)3)15(19)13-14-7-5-12-22-14/h5,7,12H,4,6,8-11,13H2,1-3H3. The zero-order valence-corrected chi connectivity index (χ0v) is 14.5. The van der Waals surface area contributed by atoms with Crippen LogP contribution < -0.4 is 0 Å². The third-order valence-corrected chi connectivity index (χ3v) is 4.06. The Labute approximate surface area is 136 Å². The summed E-state index contributed by atoms with van der Waals surface area (Å²) in [6, 6.07) is 3.91. The molecule has 0 aliphatic heterocycles. The first-order chi connectivity index (χ1) is 10.5. The Kier molecular flexibility index (Phi) is 8.77. The van der Waals surface area contributed by atoms with Gasteiger partial charge in [0.1, 0.15) is 0 Å². The number of hydrogen-bond donors (Lipinski definition) is 0. The maximum absolute atomic E-state index is 12.4. The molecule has 0 aliphatic carbocycles. The highest BCUT2D eigenvalue weighted by molar-refractivity contribution is 7.10. The lowest BCUT2D eigenvalue weighted by atomic mass is 10.2. The molecule has 0 saturated carbocycles. The van der Waals surface area contributed by atoms with Crippen LogP contribution in [0.1, 0.15) is 24.6 Å². The Morgan fingerprint density at radius 1 is 1.23 bits per heavy atom. The molecule has 0 unspecified atom stereocenters. The van der Waals surface area contributed by atoms with Crippen molar-refractivity contribution in [2.75, 3.05) is 40.3 Å². The number of rotatable bonds is 10. The Morgan fingerprint density at radius 3 is 2.59 bits per heavy atom. The highest BCUT2D eigenvalue weighted by Crippen LogP contribution is 2.11. The molecule has 0 N–H and O–H groups in total. The number of nitrogens with zero attached hydrogens (tertiary/aromatic N) is 2. The number of thiophene rings is 1. The second-order valence-electron chi connectivity index (χ2n) is 5.35. The Hall–Kier alpha value is -1.40. The summed E-state index contributed by atoms with van der Waals surface area (Å²) in [4.78, 5) is 28.8. The molecule has 0 bridgehead atoms. The van der Waals surface area contributed by atoms with E-state index in [-0.39, 0.29) is 18.3 Å². The van der Waals surface area contributed by atoms with Crippen LogP contribution in [0, 0.1) is 0 Å². The molecule has 0 atom stereocenters. The maximum atomic E-state index is 12.4. The second-order valence-corrected chi connectivity index (χ2v) is 6.38. The third kappa shape index (κ3) is 7.56. The molecular formula is C16H26N2O3S. The van der Waals surface area contributed by atoms with Crippen molar-refractivity contribution < 1.29 is 14.3 Å². The fraction of sp³-hybridized carbons (Fsp3) is 0.625. The van der Waals surface area contributed by atoms with Crippen molar-refractivity contribution >= 4 is 23.2 Å². The van der Waals surface area contributed by atoms with Crippen molar-refractivity contribution in [1.29, 1.82) is 0 Å². The van der Waals surface area contributed by atoms with E-state index in [1.165, 1.54) is 0 Å². The zero-order chi connectivity index (χ0) is 16.4. The van der Waals surface area contributed by atoms with Gasteiger partial charge in [-0.3, -0.25) is 9.59 Å². The molecule has 0 fully saturated rings. The molecule has 0 aliphatic rings. The highest BCUT2D eigenvalue weighted by atomic mass is 32.1. The molecule has 1 aromatic heterocycles. The van der Waals surface area contributed by atoms with Gasteiger partial charge in [-0.25, -0.2) is 0 Å². The molecule has 0 aromatic carbocycles. The summed E-state index contributed by atoms with van der Waals surface area (Å²) >= 11 is 1.58. The molecule has 1 aromatic rings. The number of ether oxygens (including phenoxy) is 1. The van der Waals surface area contributed by atoms with Gasteiger partial charge in [0.25, 0.3) is 0 Å². The molecule has 5 nitrogen and oxygen atoms in total. The predicted octanol–water partition coefficient (Wildman–Crippen LogP) is 2.02. The third-order valence-electron chi connectivity index (χ3n) is 3.18. The minimum absolute atomic E-state index is 0.0745. The molecule has 0 spiro atoms. The van der Waals surface area contributed by atoms with Gasteiger partial charge >= 0.3 is 5.97 Å². The molecule has 0 saturated heterocycles. The summed E-state index contributed by atoms with van der Waals surface area (Å²) in [5.41, 5.74) is 0. The maximum Gasteiger partial charge on any atom is 0.307 e. The van der Waals surface area contributed by atoms with E-state index in [0.717, 1.165) is 17.8 Å². The van der Waals surface area contributed by atoms with Crippen molar-refractivity contribution in [3.63, 3.8) is 0 Å². The van der Waals surface area contributed by atoms with E-state index in [2.05, 4.69) is 4.90 Å². The van der Waals surface area contributed by atoms with Gasteiger partial charge in [0, 0.05) is 18.0 Å². The summed E-state index contributed by atoms with van der Waals surface area (Å²) in [5.74, 6) is -0.172. The van der Waals surface area contributed by atoms with E-state index in [1.54, 1.807) is 23.2 Å². The average Bonchev–Trinajstić information content (AvgIpc) is 2.95. The van der Waals surface area contributed by atoms with Gasteiger partial charge in [0.15, 0.2) is 0 Å². The number of esters is 1. The number of hydrogen-bond acceptors (Lipinski definition) is 5. The van der Waals surface area contributed by atoms with Crippen molar-refractivity contribution in [3.05, 3.63) is 22.4 Å². The van der Waals surface area contributed by atoms with Crippen LogP contribution in [0.25, 0.3) is 0 Å². The lowest BCUT2D eigenvalue weighted by molar-refractivity contribution is -0.144. The van der Waals surface area contributed by atoms with E-state index in [0.29, 0.717) is 26.1 Å². The first-order valence-electron chi connectivity index (χ1n) is 7.63. The summed E-state index contributed by atoms with van der Waals surface area (Å²) < 4.78 is 4.94. The molecule has 22 heavy (non-hydrogen) atoms. The van der Waals surface area contributed by atoms with Crippen LogP contribution in [0.15, 0.2) is 17.5 Å². The molecule has 1 heterocycles. The molecule has 1 rings (SSSR count). The van der Waals surface area contributed by atoms with Crippen LogP contribution in [0.3, 0.4) is 0 Å². The van der Waals surface area contributed by atoms with Gasteiger partial charge in [-0.15, -0.1) is 11.3 Å². The minimum Gasteiger partial charge on any atom is -0.466 e. The first kappa shape index (κ1) is 18.6. The summed E-state index contributed by atoms with van der Waals surface area (Å²) in [7, 11) is 4.02. The van der Waals surface area contributed by atoms with Crippen LogP contribution in [-0.4, -0.2) is 62.0 Å². The molecule has 6 heteroatoms. The molecular weight excluding hydrogens is 300 g/mol. The van der Waals surface area contributed by atoms with E-state index in [1.807, 2.05) is 31.6 Å². The highest BCUT2D eigenvalue weighted by Gasteiger charge is 2.16. The summed E-state index contributed by atoms with van der Waals surface area (Å²) in [6.45, 7) is 4.18. The van der Waals surface area contributed by atoms with Crippen LogP contribution >= 0.6 is 11.3 Å². The van der Waals surface area contributed by atoms with Crippen LogP contribution in [0.5, 0.6) is 0 Å². The Balaban J connectivity index is 2.51. The molecule has 0 radical (unpaired) electrons. The van der Waals surface area contributed by atoms with E-state index in [9.17, 15) is 9.59 Å². The van der Waals surface area contributed by atoms with Gasteiger partial charge < -0.3 is 14.5 Å². The average molecular weight is 326 g/mol. The quantitative estimate of drug-likeness (QED) is 0.617. The van der Waals surface area contributed by atoms with Gasteiger partial charge in [0.05, 0.1) is 19.4 Å². The Morgan fingerprint density at radius 2 is 2.00 bits per heavy atom. The first-order valence-corrected chi connectivity index (χ1v) is 8.51. The van der Waals surface area contributed by atoms with Crippen LogP contribution in [0.4, 0.5) is 0 Å². The predicted molar refractivity (Wildman–Crippen MR) is 89.0 cm³/mol. The van der Waals surface area contributed by atoms with Gasteiger partial charge in [-0.2, -0.15) is 0 Å². The zero-order valence-electron chi connectivity index (χ0n) is 13.7. The van der Waals surface area contributed by atoms with Crippen molar-refractivity contribution in [2.24, 2.45) is 0 Å². The number of carbonyl (C=O) groups excluding carboxylic acids is 2. The SMILES string of the molecule is CCOC(=O)CCN(CCCN(C)C)C(=O)Cc1cccs1. The molecule has 124 valence electrons. The van der Waals surface area contributed by atoms with Crippen LogP contribution in [-0.2, 0) is 20.7 Å². The topological polar surface area (TPSA) is 49.9 Å². The van der Waals surface area contributed by atoms with E-state index < -0.39 is 0 Å². The Bertz CT molecular complexity index is 446. The largest absolute Gasteiger partial charge is 0.466 e. The lowest BCUT2D eigenvalue weighted by Gasteiger charge is -2.23. The minimum atomic E-state index is -0.246. The normalized spacial score (nSPS) is 10.7. The lowest BCUT2D eigenvalue weighted by Crippen LogP contribution is -2.36. The van der Waals surface area contributed by atoms with E-state index in [4.69, 9.17) is 4.74 Å². The van der Waals surface area contributed by atoms with E-state index >= 15 is 0 Å². The summed E-state index contributed by atoms with van der Waals surface area (Å²) in [6.07, 6.45) is 1.56. The van der Waals surface area contributed by atoms with Crippen molar-refractivity contribution in [2.45, 2.75) is 26.2 Å².